The molecule has 1 aliphatic rings. The van der Waals surface area contributed by atoms with Crippen molar-refractivity contribution in [2.24, 2.45) is 0 Å². The Kier molecular flexibility index (Phi) is 6.01. The van der Waals surface area contributed by atoms with E-state index in [9.17, 15) is 0 Å². The van der Waals surface area contributed by atoms with Crippen LogP contribution in [0.4, 0.5) is 0 Å². The molecule has 1 heterocycles. The number of rotatable bonds is 6. The second-order valence-corrected chi connectivity index (χ2v) is 7.20. The second kappa shape index (κ2) is 8.41. The van der Waals surface area contributed by atoms with E-state index in [2.05, 4.69) is 48.1 Å². The fourth-order valence-electron chi connectivity index (χ4n) is 3.78. The third kappa shape index (κ3) is 4.23. The number of benzene rings is 1. The van der Waals surface area contributed by atoms with Crippen molar-refractivity contribution in [2.75, 3.05) is 0 Å². The molecule has 0 saturated heterocycles. The molecular formula is C22H30N2. The SMILES string of the molecule is CCCCc1ccc(C2CCC(c3ncc(CC)cn3)CC2)cc1. The van der Waals surface area contributed by atoms with Crippen LogP contribution in [0, 0.1) is 0 Å². The molecule has 0 bridgehead atoms. The first-order valence-corrected chi connectivity index (χ1v) is 9.69. The molecule has 0 amide bonds. The third-order valence-corrected chi connectivity index (χ3v) is 5.50. The Labute approximate surface area is 146 Å². The average Bonchev–Trinajstić information content (AvgIpc) is 2.67. The van der Waals surface area contributed by atoms with E-state index in [1.54, 1.807) is 0 Å². The summed E-state index contributed by atoms with van der Waals surface area (Å²) in [6.45, 7) is 4.41. The Bertz CT molecular complexity index is 607. The Morgan fingerprint density at radius 2 is 1.46 bits per heavy atom. The Morgan fingerprint density at radius 3 is 2.04 bits per heavy atom. The summed E-state index contributed by atoms with van der Waals surface area (Å²) in [7, 11) is 0. The van der Waals surface area contributed by atoms with Gasteiger partial charge in [0.2, 0.25) is 0 Å². The minimum absolute atomic E-state index is 0.552. The topological polar surface area (TPSA) is 25.8 Å². The van der Waals surface area contributed by atoms with Gasteiger partial charge in [0.1, 0.15) is 5.82 Å². The first kappa shape index (κ1) is 17.1. The summed E-state index contributed by atoms with van der Waals surface area (Å²) in [5, 5.41) is 0. The first-order valence-electron chi connectivity index (χ1n) is 9.69. The Balaban J connectivity index is 1.56. The summed E-state index contributed by atoms with van der Waals surface area (Å²) in [6.07, 6.45) is 13.8. The van der Waals surface area contributed by atoms with Gasteiger partial charge in [-0.05, 0) is 67.6 Å². The minimum atomic E-state index is 0.552. The highest BCUT2D eigenvalue weighted by Crippen LogP contribution is 2.39. The zero-order valence-corrected chi connectivity index (χ0v) is 15.2. The number of aromatic nitrogens is 2. The predicted molar refractivity (Wildman–Crippen MR) is 100 cm³/mol. The molecule has 3 rings (SSSR count). The lowest BCUT2D eigenvalue weighted by Gasteiger charge is -2.28. The highest BCUT2D eigenvalue weighted by Gasteiger charge is 2.25. The molecule has 0 unspecified atom stereocenters. The highest BCUT2D eigenvalue weighted by atomic mass is 14.9. The number of aryl methyl sites for hydroxylation is 2. The lowest BCUT2D eigenvalue weighted by atomic mass is 9.78. The van der Waals surface area contributed by atoms with Gasteiger partial charge in [0.25, 0.3) is 0 Å². The van der Waals surface area contributed by atoms with Gasteiger partial charge in [-0.1, -0.05) is 44.5 Å². The zero-order valence-electron chi connectivity index (χ0n) is 15.2. The van der Waals surface area contributed by atoms with E-state index in [1.807, 2.05) is 12.4 Å². The van der Waals surface area contributed by atoms with E-state index >= 15 is 0 Å². The smallest absolute Gasteiger partial charge is 0.131 e. The number of nitrogens with zero attached hydrogens (tertiary/aromatic N) is 2. The fourth-order valence-corrected chi connectivity index (χ4v) is 3.78. The first-order chi connectivity index (χ1) is 11.8. The molecule has 0 N–H and O–H groups in total. The highest BCUT2D eigenvalue weighted by molar-refractivity contribution is 5.26. The van der Waals surface area contributed by atoms with E-state index in [4.69, 9.17) is 0 Å². The van der Waals surface area contributed by atoms with Crippen LogP contribution >= 0.6 is 0 Å². The van der Waals surface area contributed by atoms with Crippen molar-refractivity contribution in [3.63, 3.8) is 0 Å². The number of unbranched alkanes of at least 4 members (excludes halogenated alkanes) is 1. The lowest BCUT2D eigenvalue weighted by Crippen LogP contribution is -2.14. The van der Waals surface area contributed by atoms with Gasteiger partial charge in [0.15, 0.2) is 0 Å². The summed E-state index contributed by atoms with van der Waals surface area (Å²) < 4.78 is 0. The van der Waals surface area contributed by atoms with Gasteiger partial charge in [-0.15, -0.1) is 0 Å². The van der Waals surface area contributed by atoms with Crippen molar-refractivity contribution >= 4 is 0 Å². The van der Waals surface area contributed by atoms with Crippen LogP contribution in [0.15, 0.2) is 36.7 Å². The van der Waals surface area contributed by atoms with Crippen LogP contribution in [0.1, 0.15) is 86.7 Å². The standard InChI is InChI=1S/C22H30N2/c1-3-5-6-18-7-9-19(10-8-18)20-11-13-21(14-12-20)22-23-15-17(4-2)16-24-22/h7-10,15-16,20-21H,3-6,11-14H2,1-2H3. The monoisotopic (exact) mass is 322 g/mol. The van der Waals surface area contributed by atoms with Crippen LogP contribution in [0.25, 0.3) is 0 Å². The molecule has 2 heteroatoms. The second-order valence-electron chi connectivity index (χ2n) is 7.20. The quantitative estimate of drug-likeness (QED) is 0.669. The Hall–Kier alpha value is -1.70. The van der Waals surface area contributed by atoms with Crippen LogP contribution in [-0.4, -0.2) is 9.97 Å². The molecule has 1 aliphatic carbocycles. The fraction of sp³-hybridized carbons (Fsp3) is 0.545. The molecule has 1 aromatic carbocycles. The van der Waals surface area contributed by atoms with Crippen LogP contribution < -0.4 is 0 Å². The molecule has 0 spiro atoms. The normalized spacial score (nSPS) is 20.9. The van der Waals surface area contributed by atoms with E-state index in [1.165, 1.54) is 61.6 Å². The van der Waals surface area contributed by atoms with Crippen LogP contribution in [-0.2, 0) is 12.8 Å². The van der Waals surface area contributed by atoms with Crippen molar-refractivity contribution in [3.05, 3.63) is 59.2 Å². The molecule has 1 saturated carbocycles. The van der Waals surface area contributed by atoms with Crippen molar-refractivity contribution in [1.82, 2.24) is 9.97 Å². The summed E-state index contributed by atoms with van der Waals surface area (Å²) in [6, 6.07) is 9.40. The predicted octanol–water partition coefficient (Wildman–Crippen LogP) is 5.82. The number of hydrogen-bond acceptors (Lipinski definition) is 2. The van der Waals surface area contributed by atoms with E-state index in [-0.39, 0.29) is 0 Å². The van der Waals surface area contributed by atoms with Gasteiger partial charge in [-0.2, -0.15) is 0 Å². The van der Waals surface area contributed by atoms with Crippen molar-refractivity contribution in [1.29, 1.82) is 0 Å². The summed E-state index contributed by atoms with van der Waals surface area (Å²) in [5.41, 5.74) is 4.24. The van der Waals surface area contributed by atoms with E-state index in [0.717, 1.165) is 18.2 Å². The molecule has 0 radical (unpaired) electrons. The molecule has 128 valence electrons. The molecule has 2 aromatic rings. The summed E-state index contributed by atoms with van der Waals surface area (Å²) in [5.74, 6) is 2.33. The van der Waals surface area contributed by atoms with Gasteiger partial charge >= 0.3 is 0 Å². The van der Waals surface area contributed by atoms with Gasteiger partial charge in [0.05, 0.1) is 0 Å². The van der Waals surface area contributed by atoms with Gasteiger partial charge in [0, 0.05) is 18.3 Å². The molecule has 2 nitrogen and oxygen atoms in total. The van der Waals surface area contributed by atoms with Crippen LogP contribution in [0.2, 0.25) is 0 Å². The van der Waals surface area contributed by atoms with E-state index < -0.39 is 0 Å². The van der Waals surface area contributed by atoms with Crippen molar-refractivity contribution < 1.29 is 0 Å². The third-order valence-electron chi connectivity index (χ3n) is 5.50. The van der Waals surface area contributed by atoms with Gasteiger partial charge < -0.3 is 0 Å². The summed E-state index contributed by atoms with van der Waals surface area (Å²) in [4.78, 5) is 9.20. The molecular weight excluding hydrogens is 292 g/mol. The average molecular weight is 322 g/mol. The van der Waals surface area contributed by atoms with Gasteiger partial charge in [-0.25, -0.2) is 9.97 Å². The van der Waals surface area contributed by atoms with Crippen LogP contribution in [0.3, 0.4) is 0 Å². The Morgan fingerprint density at radius 1 is 0.833 bits per heavy atom. The van der Waals surface area contributed by atoms with Crippen molar-refractivity contribution in [3.8, 4) is 0 Å². The van der Waals surface area contributed by atoms with Gasteiger partial charge in [-0.3, -0.25) is 0 Å². The molecule has 24 heavy (non-hydrogen) atoms. The molecule has 0 atom stereocenters. The molecule has 0 aliphatic heterocycles. The maximum Gasteiger partial charge on any atom is 0.131 e. The largest absolute Gasteiger partial charge is 0.241 e. The summed E-state index contributed by atoms with van der Waals surface area (Å²) >= 11 is 0. The maximum absolute atomic E-state index is 4.60. The van der Waals surface area contributed by atoms with Crippen LogP contribution in [0.5, 0.6) is 0 Å². The molecule has 1 aromatic heterocycles. The minimum Gasteiger partial charge on any atom is -0.241 e. The van der Waals surface area contributed by atoms with E-state index in [0.29, 0.717) is 5.92 Å². The van der Waals surface area contributed by atoms with Crippen molar-refractivity contribution in [2.45, 2.75) is 77.0 Å². The number of hydrogen-bond donors (Lipinski definition) is 0. The zero-order chi connectivity index (χ0) is 16.8. The molecule has 1 fully saturated rings. The maximum atomic E-state index is 4.60. The lowest BCUT2D eigenvalue weighted by molar-refractivity contribution is 0.385.